The molecule has 1 heterocycles. The van der Waals surface area contributed by atoms with Gasteiger partial charge in [-0.15, -0.1) is 0 Å². The van der Waals surface area contributed by atoms with Crippen LogP contribution in [0.25, 0.3) is 0 Å². The van der Waals surface area contributed by atoms with Gasteiger partial charge in [-0.2, -0.15) is 0 Å². The van der Waals surface area contributed by atoms with Gasteiger partial charge in [0.05, 0.1) is 0 Å². The molecule has 1 atom stereocenters. The Morgan fingerprint density at radius 1 is 1.29 bits per heavy atom. The fraction of sp³-hybridized carbons (Fsp3) is 1.00. The summed E-state index contributed by atoms with van der Waals surface area (Å²) in [4.78, 5) is 0. The van der Waals surface area contributed by atoms with Crippen LogP contribution in [-0.4, -0.2) is 23.6 Å². The Kier molecular flexibility index (Phi) is 7.17. The maximum atomic E-state index is 3.46. The molecule has 1 nitrogen and oxygen atoms in total. The molecule has 0 unspecified atom stereocenters. The summed E-state index contributed by atoms with van der Waals surface area (Å²) < 4.78 is 0. The molecule has 0 aromatic heterocycles. The van der Waals surface area contributed by atoms with Crippen molar-refractivity contribution in [3.05, 3.63) is 0 Å². The van der Waals surface area contributed by atoms with Gasteiger partial charge in [0, 0.05) is 17.0 Å². The van der Waals surface area contributed by atoms with Crippen molar-refractivity contribution in [3.63, 3.8) is 0 Å². The van der Waals surface area contributed by atoms with Gasteiger partial charge in [-0.1, -0.05) is 48.3 Å². The van der Waals surface area contributed by atoms with E-state index in [-0.39, 0.29) is 0 Å². The van der Waals surface area contributed by atoms with Crippen LogP contribution in [0, 0.1) is 0 Å². The van der Waals surface area contributed by atoms with Crippen LogP contribution < -0.4 is 5.32 Å². The molecule has 0 aliphatic carbocycles. The van der Waals surface area contributed by atoms with Gasteiger partial charge in [0.15, 0.2) is 0 Å². The smallest absolute Gasteiger partial charge is 0.0159 e. The van der Waals surface area contributed by atoms with E-state index in [1.54, 1.807) is 0 Å². The van der Waals surface area contributed by atoms with Crippen LogP contribution in [0.4, 0.5) is 0 Å². The zero-order valence-corrected chi connectivity index (χ0v) is 11.1. The van der Waals surface area contributed by atoms with E-state index in [2.05, 4.69) is 40.8 Å². The predicted molar refractivity (Wildman–Crippen MR) is 70.1 cm³/mol. The van der Waals surface area contributed by atoms with Crippen LogP contribution in [-0.2, 0) is 0 Å². The van der Waals surface area contributed by atoms with Crippen LogP contribution in [0.3, 0.4) is 0 Å². The number of nitrogens with one attached hydrogen (secondary N) is 1. The first-order chi connectivity index (χ1) is 6.79. The van der Waals surface area contributed by atoms with Gasteiger partial charge in [0.2, 0.25) is 0 Å². The molecule has 1 aliphatic rings. The lowest BCUT2D eigenvalue weighted by Gasteiger charge is -2.09. The lowest BCUT2D eigenvalue weighted by atomic mass is 10.1. The molecular weight excluding hydrogens is 210 g/mol. The van der Waals surface area contributed by atoms with Crippen molar-refractivity contribution >= 4 is 21.6 Å². The fourth-order valence-corrected chi connectivity index (χ4v) is 4.66. The molecule has 1 rings (SSSR count). The van der Waals surface area contributed by atoms with Crippen LogP contribution in [0.2, 0.25) is 0 Å². The summed E-state index contributed by atoms with van der Waals surface area (Å²) in [7, 11) is 4.17. The number of unbranched alkanes of at least 4 members (excludes halogenated alkanes) is 2. The number of hydrogen-bond acceptors (Lipinski definition) is 3. The van der Waals surface area contributed by atoms with Crippen LogP contribution in [0.1, 0.15) is 46.0 Å². The zero-order chi connectivity index (χ0) is 10.2. The fourth-order valence-electron chi connectivity index (χ4n) is 1.63. The largest absolute Gasteiger partial charge is 0.315 e. The molecule has 1 N–H and O–H groups in total. The predicted octanol–water partition coefficient (Wildman–Crippen LogP) is 3.70. The molecule has 1 saturated heterocycles. The molecule has 0 amide bonds. The van der Waals surface area contributed by atoms with Gasteiger partial charge in [-0.25, -0.2) is 0 Å². The molecule has 0 bridgehead atoms. The third-order valence-electron chi connectivity index (χ3n) is 2.48. The molecule has 0 aromatic carbocycles. The highest BCUT2D eigenvalue weighted by molar-refractivity contribution is 8.77. The molecule has 84 valence electrons. The van der Waals surface area contributed by atoms with Gasteiger partial charge in [-0.05, 0) is 25.8 Å². The molecule has 0 radical (unpaired) electrons. The van der Waals surface area contributed by atoms with Crippen LogP contribution in [0.15, 0.2) is 0 Å². The summed E-state index contributed by atoms with van der Waals surface area (Å²) >= 11 is 0. The van der Waals surface area contributed by atoms with E-state index in [1.807, 2.05) is 0 Å². The van der Waals surface area contributed by atoms with Crippen LogP contribution >= 0.6 is 21.6 Å². The Labute approximate surface area is 96.6 Å². The number of hydrogen-bond donors (Lipinski definition) is 1. The average Bonchev–Trinajstić information content (AvgIpc) is 2.63. The van der Waals surface area contributed by atoms with Crippen LogP contribution in [0.5, 0.6) is 0 Å². The van der Waals surface area contributed by atoms with Crippen molar-refractivity contribution in [1.82, 2.24) is 5.32 Å². The Morgan fingerprint density at radius 2 is 2.14 bits per heavy atom. The summed E-state index contributed by atoms with van der Waals surface area (Å²) in [6.45, 7) is 5.63. The highest BCUT2D eigenvalue weighted by atomic mass is 33.1. The van der Waals surface area contributed by atoms with Gasteiger partial charge < -0.3 is 5.32 Å². The zero-order valence-electron chi connectivity index (χ0n) is 9.42. The van der Waals surface area contributed by atoms with E-state index in [0.717, 1.165) is 5.25 Å². The van der Waals surface area contributed by atoms with Crippen molar-refractivity contribution in [2.24, 2.45) is 0 Å². The van der Waals surface area contributed by atoms with E-state index < -0.39 is 0 Å². The average molecular weight is 233 g/mol. The summed E-state index contributed by atoms with van der Waals surface area (Å²) in [6.07, 6.45) is 7.07. The van der Waals surface area contributed by atoms with Crippen molar-refractivity contribution in [1.29, 1.82) is 0 Å². The second-order valence-electron chi connectivity index (χ2n) is 4.29. The molecule has 0 saturated carbocycles. The standard InChI is InChI=1S/C11H23NS2/c1-10(2)12-8-5-3-4-6-11-7-9-13-14-11/h10-12H,3-9H2,1-2H3/t11-/m0/s1. The lowest BCUT2D eigenvalue weighted by Crippen LogP contribution is -2.23. The monoisotopic (exact) mass is 233 g/mol. The Balaban J connectivity index is 1.79. The lowest BCUT2D eigenvalue weighted by molar-refractivity contribution is 0.538. The SMILES string of the molecule is CC(C)NCCCCC[C@H]1CCSS1. The molecule has 1 fully saturated rings. The highest BCUT2D eigenvalue weighted by Crippen LogP contribution is 2.39. The minimum absolute atomic E-state index is 0.650. The third kappa shape index (κ3) is 6.20. The molecular formula is C11H23NS2. The summed E-state index contributed by atoms with van der Waals surface area (Å²) in [5, 5.41) is 4.44. The van der Waals surface area contributed by atoms with Gasteiger partial charge in [-0.3, -0.25) is 0 Å². The summed E-state index contributed by atoms with van der Waals surface area (Å²) in [6, 6.07) is 0.650. The van der Waals surface area contributed by atoms with E-state index in [1.165, 1.54) is 44.4 Å². The van der Waals surface area contributed by atoms with Gasteiger partial charge in [0.25, 0.3) is 0 Å². The number of rotatable bonds is 7. The van der Waals surface area contributed by atoms with E-state index in [9.17, 15) is 0 Å². The van der Waals surface area contributed by atoms with Gasteiger partial charge >= 0.3 is 0 Å². The van der Waals surface area contributed by atoms with E-state index in [0.29, 0.717) is 6.04 Å². The second-order valence-corrected chi connectivity index (χ2v) is 7.07. The van der Waals surface area contributed by atoms with Crippen molar-refractivity contribution < 1.29 is 0 Å². The minimum atomic E-state index is 0.650. The first-order valence-corrected chi connectivity index (χ1v) is 8.19. The normalized spacial score (nSPS) is 22.1. The second kappa shape index (κ2) is 7.89. The van der Waals surface area contributed by atoms with E-state index in [4.69, 9.17) is 0 Å². The summed E-state index contributed by atoms with van der Waals surface area (Å²) in [5.41, 5.74) is 0. The Hall–Kier alpha value is 0.660. The Bertz CT molecular complexity index is 133. The minimum Gasteiger partial charge on any atom is -0.315 e. The molecule has 3 heteroatoms. The van der Waals surface area contributed by atoms with E-state index >= 15 is 0 Å². The molecule has 0 spiro atoms. The molecule has 1 aliphatic heterocycles. The maximum absolute atomic E-state index is 3.46. The van der Waals surface area contributed by atoms with Crippen molar-refractivity contribution in [2.45, 2.75) is 57.2 Å². The maximum Gasteiger partial charge on any atom is 0.0159 e. The molecule has 0 aromatic rings. The van der Waals surface area contributed by atoms with Gasteiger partial charge in [0.1, 0.15) is 0 Å². The van der Waals surface area contributed by atoms with Crippen molar-refractivity contribution in [3.8, 4) is 0 Å². The topological polar surface area (TPSA) is 12.0 Å². The third-order valence-corrected chi connectivity index (χ3v) is 5.49. The first-order valence-electron chi connectivity index (χ1n) is 5.80. The first kappa shape index (κ1) is 12.7. The summed E-state index contributed by atoms with van der Waals surface area (Å²) in [5.74, 6) is 1.38. The van der Waals surface area contributed by atoms with Crippen molar-refractivity contribution in [2.75, 3.05) is 12.3 Å². The quantitative estimate of drug-likeness (QED) is 0.532. The highest BCUT2D eigenvalue weighted by Gasteiger charge is 2.15. The molecule has 14 heavy (non-hydrogen) atoms. The Morgan fingerprint density at radius 3 is 2.79 bits per heavy atom.